The number of rotatable bonds is 7. The fraction of sp³-hybridized carbons (Fsp3) is 0.364. The van der Waals surface area contributed by atoms with Gasteiger partial charge in [-0.2, -0.15) is 0 Å². The molecule has 0 bridgehead atoms. The second kappa shape index (κ2) is 7.64. The molecule has 0 spiro atoms. The summed E-state index contributed by atoms with van der Waals surface area (Å²) < 4.78 is 0.951. The van der Waals surface area contributed by atoms with E-state index in [1.807, 2.05) is 0 Å². The van der Waals surface area contributed by atoms with Crippen molar-refractivity contribution in [2.24, 2.45) is 0 Å². The van der Waals surface area contributed by atoms with Crippen LogP contribution in [0.25, 0.3) is 0 Å². The number of phenols is 2. The van der Waals surface area contributed by atoms with E-state index < -0.39 is 11.6 Å². The van der Waals surface area contributed by atoms with Gasteiger partial charge in [0.05, 0.1) is 43.5 Å². The van der Waals surface area contributed by atoms with Crippen molar-refractivity contribution in [1.82, 2.24) is 0 Å². The minimum absolute atomic E-state index is 0.131. The Bertz CT molecular complexity index is 932. The number of anilines is 1. The molecule has 0 amide bonds. The Kier molecular flexibility index (Phi) is 5.42. The lowest BCUT2D eigenvalue weighted by molar-refractivity contribution is -0.906. The third-order valence-electron chi connectivity index (χ3n) is 5.87. The molecular weight excluding hydrogens is 356 g/mol. The van der Waals surface area contributed by atoms with Gasteiger partial charge in [0.25, 0.3) is 0 Å². The number of hydrogen-bond donors (Lipinski definition) is 3. The smallest absolute Gasteiger partial charge is 0.198 e. The molecule has 3 N–H and O–H groups in total. The zero-order chi connectivity index (χ0) is 20.5. The lowest BCUT2D eigenvalue weighted by Gasteiger charge is -2.32. The van der Waals surface area contributed by atoms with Crippen LogP contribution < -0.4 is 5.32 Å². The molecule has 6 heteroatoms. The van der Waals surface area contributed by atoms with Crippen LogP contribution in [0.5, 0.6) is 11.5 Å². The normalized spacial score (nSPS) is 13.2. The van der Waals surface area contributed by atoms with E-state index in [-0.39, 0.29) is 39.4 Å². The third-order valence-corrected chi connectivity index (χ3v) is 5.87. The fourth-order valence-corrected chi connectivity index (χ4v) is 3.62. The molecule has 0 aromatic heterocycles. The minimum Gasteiger partial charge on any atom is -0.507 e. The van der Waals surface area contributed by atoms with Crippen LogP contribution in [-0.2, 0) is 0 Å². The summed E-state index contributed by atoms with van der Waals surface area (Å²) in [5, 5.41) is 24.2. The molecular formula is C22H27N2O4+. The number of hydrogen-bond acceptors (Lipinski definition) is 5. The van der Waals surface area contributed by atoms with Gasteiger partial charge in [0, 0.05) is 30.2 Å². The molecule has 0 radical (unpaired) electrons. The monoisotopic (exact) mass is 383 g/mol. The van der Waals surface area contributed by atoms with Gasteiger partial charge in [0.1, 0.15) is 5.75 Å². The average Bonchev–Trinajstić information content (AvgIpc) is 2.71. The highest BCUT2D eigenvalue weighted by molar-refractivity contribution is 6.30. The molecule has 0 saturated carbocycles. The van der Waals surface area contributed by atoms with Crippen molar-refractivity contribution in [2.45, 2.75) is 20.3 Å². The molecule has 1 aliphatic carbocycles. The van der Waals surface area contributed by atoms with Gasteiger partial charge >= 0.3 is 0 Å². The summed E-state index contributed by atoms with van der Waals surface area (Å²) in [4.78, 5) is 25.6. The van der Waals surface area contributed by atoms with E-state index >= 15 is 0 Å². The van der Waals surface area contributed by atoms with E-state index in [1.165, 1.54) is 6.07 Å². The zero-order valence-corrected chi connectivity index (χ0v) is 16.6. The van der Waals surface area contributed by atoms with Gasteiger partial charge in [-0.05, 0) is 13.8 Å². The molecule has 2 aromatic carbocycles. The minimum atomic E-state index is -0.456. The summed E-state index contributed by atoms with van der Waals surface area (Å²) in [6.45, 7) is 7.95. The van der Waals surface area contributed by atoms with E-state index in [2.05, 4.69) is 26.2 Å². The molecule has 0 unspecified atom stereocenters. The topological polar surface area (TPSA) is 86.6 Å². The van der Waals surface area contributed by atoms with Gasteiger partial charge in [-0.25, -0.2) is 0 Å². The first-order valence-corrected chi connectivity index (χ1v) is 9.67. The quantitative estimate of drug-likeness (QED) is 0.252. The van der Waals surface area contributed by atoms with Crippen LogP contribution in [0.4, 0.5) is 5.69 Å². The number of phenolic OH excluding ortho intramolecular Hbond substituents is 2. The predicted octanol–water partition coefficient (Wildman–Crippen LogP) is 3.16. The largest absolute Gasteiger partial charge is 0.507 e. The molecule has 1 aliphatic rings. The lowest BCUT2D eigenvalue weighted by Crippen LogP contribution is -2.44. The zero-order valence-electron chi connectivity index (χ0n) is 16.6. The Balaban J connectivity index is 1.86. The first-order chi connectivity index (χ1) is 13.3. The molecule has 2 aromatic rings. The number of carbonyl (C=O) groups excluding carboxylic acids is 2. The standard InChI is InChI=1S/C22H26N2O4/c1-4-24(3,5-2)12-8-11-23-16-13-17(25)18-19(22(16)28)21(27)15-10-7-6-9-14(15)20(18)26/h6-7,9-10,13H,4-5,8,11-12H2,1-3H3,(H2-,23,25,26,27,28)/p+1. The van der Waals surface area contributed by atoms with Gasteiger partial charge < -0.3 is 20.0 Å². The predicted molar refractivity (Wildman–Crippen MR) is 108 cm³/mol. The van der Waals surface area contributed by atoms with Crippen molar-refractivity contribution in [3.05, 3.63) is 52.6 Å². The van der Waals surface area contributed by atoms with Gasteiger partial charge in [-0.1, -0.05) is 24.3 Å². The summed E-state index contributed by atoms with van der Waals surface area (Å²) in [6.07, 6.45) is 0.866. The van der Waals surface area contributed by atoms with Crippen molar-refractivity contribution < 1.29 is 24.3 Å². The van der Waals surface area contributed by atoms with Crippen LogP contribution in [0, 0.1) is 0 Å². The highest BCUT2D eigenvalue weighted by Gasteiger charge is 2.35. The SMILES string of the molecule is CC[N+](C)(CC)CCCNc1cc(O)c2c(c1O)C(=O)c1ccccc1C2=O. The number of benzene rings is 2. The van der Waals surface area contributed by atoms with Gasteiger partial charge in [-0.3, -0.25) is 9.59 Å². The molecule has 6 nitrogen and oxygen atoms in total. The Hall–Kier alpha value is -2.86. The van der Waals surface area contributed by atoms with Crippen LogP contribution >= 0.6 is 0 Å². The molecule has 0 saturated heterocycles. The first-order valence-electron chi connectivity index (χ1n) is 9.67. The number of quaternary nitrogens is 1. The second-order valence-electron chi connectivity index (χ2n) is 7.50. The number of nitrogens with zero attached hydrogens (tertiary/aromatic N) is 1. The summed E-state index contributed by atoms with van der Waals surface area (Å²) in [6, 6.07) is 7.77. The van der Waals surface area contributed by atoms with Crippen molar-refractivity contribution in [1.29, 1.82) is 0 Å². The van der Waals surface area contributed by atoms with Crippen molar-refractivity contribution in [2.75, 3.05) is 38.5 Å². The molecule has 0 heterocycles. The second-order valence-corrected chi connectivity index (χ2v) is 7.50. The summed E-state index contributed by atoms with van der Waals surface area (Å²) in [5.41, 5.74) is 0.485. The number of aromatic hydroxyl groups is 2. The summed E-state index contributed by atoms with van der Waals surface area (Å²) in [5.74, 6) is -1.50. The van der Waals surface area contributed by atoms with Gasteiger partial charge in [0.15, 0.2) is 17.3 Å². The third kappa shape index (κ3) is 3.36. The summed E-state index contributed by atoms with van der Waals surface area (Å²) >= 11 is 0. The van der Waals surface area contributed by atoms with Crippen LogP contribution in [0.15, 0.2) is 30.3 Å². The highest BCUT2D eigenvalue weighted by atomic mass is 16.3. The molecule has 0 aliphatic heterocycles. The van der Waals surface area contributed by atoms with E-state index in [9.17, 15) is 19.8 Å². The summed E-state index contributed by atoms with van der Waals surface area (Å²) in [7, 11) is 2.20. The number of carbonyl (C=O) groups is 2. The molecule has 0 fully saturated rings. The Morgan fingerprint density at radius 2 is 1.54 bits per heavy atom. The van der Waals surface area contributed by atoms with E-state index in [0.29, 0.717) is 6.54 Å². The molecule has 0 atom stereocenters. The van der Waals surface area contributed by atoms with Crippen LogP contribution in [0.2, 0.25) is 0 Å². The maximum absolute atomic E-state index is 12.9. The number of nitrogens with one attached hydrogen (secondary N) is 1. The number of fused-ring (bicyclic) bond motifs is 2. The fourth-order valence-electron chi connectivity index (χ4n) is 3.62. The van der Waals surface area contributed by atoms with E-state index in [4.69, 9.17) is 0 Å². The van der Waals surface area contributed by atoms with Crippen molar-refractivity contribution >= 4 is 17.3 Å². The van der Waals surface area contributed by atoms with Crippen LogP contribution in [0.3, 0.4) is 0 Å². The van der Waals surface area contributed by atoms with Gasteiger partial charge in [-0.15, -0.1) is 0 Å². The Morgan fingerprint density at radius 3 is 2.11 bits per heavy atom. The van der Waals surface area contributed by atoms with Gasteiger partial charge in [0.2, 0.25) is 0 Å². The van der Waals surface area contributed by atoms with Crippen LogP contribution in [0.1, 0.15) is 52.1 Å². The van der Waals surface area contributed by atoms with E-state index in [1.54, 1.807) is 24.3 Å². The maximum Gasteiger partial charge on any atom is 0.198 e. The number of ketones is 2. The Morgan fingerprint density at radius 1 is 0.964 bits per heavy atom. The van der Waals surface area contributed by atoms with Crippen molar-refractivity contribution in [3.8, 4) is 11.5 Å². The van der Waals surface area contributed by atoms with E-state index in [0.717, 1.165) is 30.5 Å². The Labute approximate surface area is 165 Å². The molecule has 3 rings (SSSR count). The lowest BCUT2D eigenvalue weighted by atomic mass is 9.82. The first kappa shape index (κ1) is 19.9. The van der Waals surface area contributed by atoms with Crippen molar-refractivity contribution in [3.63, 3.8) is 0 Å². The van der Waals surface area contributed by atoms with Crippen LogP contribution in [-0.4, -0.2) is 59.5 Å². The average molecular weight is 383 g/mol. The molecule has 148 valence electrons. The highest BCUT2D eigenvalue weighted by Crippen LogP contribution is 2.42. The maximum atomic E-state index is 12.9. The molecule has 28 heavy (non-hydrogen) atoms.